The van der Waals surface area contributed by atoms with Gasteiger partial charge in [0.2, 0.25) is 0 Å². The monoisotopic (exact) mass is 327 g/mol. The van der Waals surface area contributed by atoms with Gasteiger partial charge in [-0.3, -0.25) is 10.1 Å². The lowest BCUT2D eigenvalue weighted by molar-refractivity contribution is -0.119. The molecule has 2 atom stereocenters. The van der Waals surface area contributed by atoms with Gasteiger partial charge in [0.1, 0.15) is 0 Å². The summed E-state index contributed by atoms with van der Waals surface area (Å²) in [5.41, 5.74) is 1.63. The Morgan fingerprint density at radius 3 is 2.46 bits per heavy atom. The number of rotatable bonds is 2. The minimum atomic E-state index is -0.804. The number of carbonyl (C=O) groups excluding carboxylic acids is 2. The first-order valence-corrected chi connectivity index (χ1v) is 8.12. The first-order chi connectivity index (χ1) is 11.5. The number of imide groups is 1. The van der Waals surface area contributed by atoms with E-state index in [0.29, 0.717) is 0 Å². The van der Waals surface area contributed by atoms with Gasteiger partial charge in [-0.1, -0.05) is 24.0 Å². The van der Waals surface area contributed by atoms with Crippen molar-refractivity contribution in [2.24, 2.45) is 5.92 Å². The van der Waals surface area contributed by atoms with Crippen LogP contribution in [0.2, 0.25) is 0 Å². The van der Waals surface area contributed by atoms with Crippen molar-refractivity contribution in [3.05, 3.63) is 35.4 Å². The van der Waals surface area contributed by atoms with Crippen LogP contribution in [0.25, 0.3) is 0 Å². The smallest absolute Gasteiger partial charge is 0.322 e. The average molecular weight is 327 g/mol. The number of hydrogen-bond acceptors (Lipinski definition) is 4. The zero-order valence-electron chi connectivity index (χ0n) is 13.6. The summed E-state index contributed by atoms with van der Waals surface area (Å²) in [5.74, 6) is 5.47. The molecular formula is C18H21N3O3. The minimum Gasteiger partial charge on any atom is -0.388 e. The number of aliphatic hydroxyl groups is 1. The Morgan fingerprint density at radius 1 is 1.21 bits per heavy atom. The molecule has 0 aliphatic carbocycles. The second-order valence-electron chi connectivity index (χ2n) is 6.37. The van der Waals surface area contributed by atoms with E-state index in [9.17, 15) is 14.7 Å². The van der Waals surface area contributed by atoms with Crippen molar-refractivity contribution in [1.82, 2.24) is 15.5 Å². The van der Waals surface area contributed by atoms with Gasteiger partial charge in [-0.05, 0) is 56.6 Å². The minimum absolute atomic E-state index is 0.288. The summed E-state index contributed by atoms with van der Waals surface area (Å²) in [4.78, 5) is 24.7. The van der Waals surface area contributed by atoms with Crippen molar-refractivity contribution in [2.45, 2.75) is 25.0 Å². The molecule has 2 saturated heterocycles. The molecule has 0 aromatic heterocycles. The molecule has 3 rings (SSSR count). The van der Waals surface area contributed by atoms with E-state index < -0.39 is 24.1 Å². The number of amides is 3. The molecular weight excluding hydrogens is 306 g/mol. The average Bonchev–Trinajstić information content (AvgIpc) is 2.91. The summed E-state index contributed by atoms with van der Waals surface area (Å²) in [6, 6.07) is 6.09. The number of nitrogens with one attached hydrogen (secondary N) is 2. The maximum absolute atomic E-state index is 11.4. The van der Waals surface area contributed by atoms with Crippen LogP contribution in [0, 0.1) is 17.8 Å². The highest BCUT2D eigenvalue weighted by Crippen LogP contribution is 2.30. The summed E-state index contributed by atoms with van der Waals surface area (Å²) in [6.45, 7) is 2.03. The molecule has 1 aromatic rings. The van der Waals surface area contributed by atoms with Crippen LogP contribution in [0.1, 0.15) is 30.1 Å². The lowest BCUT2D eigenvalue weighted by atomic mass is 9.87. The third-order valence-corrected chi connectivity index (χ3v) is 4.60. The maximum Gasteiger partial charge on any atom is 0.322 e. The molecule has 6 heteroatoms. The SMILES string of the molecule is CN1CCC(C(O)c2ccc(C#CC3NC(=O)NC3=O)cc2)CC1. The number of hydrogen-bond donors (Lipinski definition) is 3. The molecule has 0 radical (unpaired) electrons. The molecule has 2 unspecified atom stereocenters. The van der Waals surface area contributed by atoms with E-state index in [-0.39, 0.29) is 5.92 Å². The van der Waals surface area contributed by atoms with Crippen molar-refractivity contribution in [3.63, 3.8) is 0 Å². The molecule has 2 heterocycles. The fourth-order valence-electron chi connectivity index (χ4n) is 3.05. The molecule has 24 heavy (non-hydrogen) atoms. The van der Waals surface area contributed by atoms with Crippen LogP contribution in [-0.2, 0) is 4.79 Å². The summed E-state index contributed by atoms with van der Waals surface area (Å²) in [7, 11) is 2.10. The van der Waals surface area contributed by atoms with Crippen LogP contribution in [-0.4, -0.2) is 48.1 Å². The van der Waals surface area contributed by atoms with Gasteiger partial charge >= 0.3 is 6.03 Å². The van der Waals surface area contributed by atoms with Gasteiger partial charge < -0.3 is 15.3 Å². The molecule has 0 bridgehead atoms. The van der Waals surface area contributed by atoms with Crippen LogP contribution in [0.15, 0.2) is 24.3 Å². The Balaban J connectivity index is 1.63. The second-order valence-corrected chi connectivity index (χ2v) is 6.37. The lowest BCUT2D eigenvalue weighted by Crippen LogP contribution is -2.32. The zero-order valence-corrected chi connectivity index (χ0v) is 13.6. The molecule has 3 N–H and O–H groups in total. The van der Waals surface area contributed by atoms with Gasteiger partial charge in [-0.25, -0.2) is 4.79 Å². The van der Waals surface area contributed by atoms with Gasteiger partial charge in [0, 0.05) is 5.56 Å². The number of piperidine rings is 1. The van der Waals surface area contributed by atoms with Crippen molar-refractivity contribution in [2.75, 3.05) is 20.1 Å². The predicted molar refractivity (Wildman–Crippen MR) is 89.0 cm³/mol. The zero-order chi connectivity index (χ0) is 17.1. The van der Waals surface area contributed by atoms with Crippen LogP contribution < -0.4 is 10.6 Å². The fourth-order valence-corrected chi connectivity index (χ4v) is 3.05. The summed E-state index contributed by atoms with van der Waals surface area (Å²) >= 11 is 0. The Kier molecular flexibility index (Phi) is 4.84. The van der Waals surface area contributed by atoms with Crippen molar-refractivity contribution < 1.29 is 14.7 Å². The standard InChI is InChI=1S/C18H21N3O3/c1-21-10-8-14(9-11-21)16(22)13-5-2-12(3-6-13)4-7-15-17(23)20-18(24)19-15/h2-3,5-6,14-16,22H,8-11H2,1H3,(H2,19,20,23,24). The van der Waals surface area contributed by atoms with E-state index in [2.05, 4.69) is 34.4 Å². The van der Waals surface area contributed by atoms with Crippen LogP contribution in [0.5, 0.6) is 0 Å². The summed E-state index contributed by atoms with van der Waals surface area (Å²) in [5, 5.41) is 15.1. The Bertz CT molecular complexity index is 682. The number of likely N-dealkylation sites (tertiary alicyclic amines) is 1. The van der Waals surface area contributed by atoms with Crippen LogP contribution in [0.3, 0.4) is 0 Å². The van der Waals surface area contributed by atoms with E-state index in [1.807, 2.05) is 24.3 Å². The molecule has 0 spiro atoms. The molecule has 3 amide bonds. The van der Waals surface area contributed by atoms with Gasteiger partial charge in [-0.2, -0.15) is 0 Å². The Hall–Kier alpha value is -2.36. The second kappa shape index (κ2) is 7.04. The highest BCUT2D eigenvalue weighted by atomic mass is 16.3. The largest absolute Gasteiger partial charge is 0.388 e. The molecule has 2 aliphatic rings. The predicted octanol–water partition coefficient (Wildman–Crippen LogP) is 0.621. The summed E-state index contributed by atoms with van der Waals surface area (Å²) in [6.07, 6.45) is 1.53. The van der Waals surface area contributed by atoms with E-state index in [4.69, 9.17) is 0 Å². The topological polar surface area (TPSA) is 81.7 Å². The maximum atomic E-state index is 11.4. The van der Waals surface area contributed by atoms with Crippen molar-refractivity contribution in [1.29, 1.82) is 0 Å². The van der Waals surface area contributed by atoms with Gasteiger partial charge in [0.05, 0.1) is 6.10 Å². The molecule has 6 nitrogen and oxygen atoms in total. The van der Waals surface area contributed by atoms with Crippen LogP contribution in [0.4, 0.5) is 4.79 Å². The van der Waals surface area contributed by atoms with E-state index in [1.165, 1.54) is 0 Å². The highest BCUT2D eigenvalue weighted by Gasteiger charge is 2.27. The van der Waals surface area contributed by atoms with E-state index in [0.717, 1.165) is 37.1 Å². The molecule has 126 valence electrons. The van der Waals surface area contributed by atoms with Crippen molar-refractivity contribution in [3.8, 4) is 11.8 Å². The number of aliphatic hydroxyl groups excluding tert-OH is 1. The molecule has 2 fully saturated rings. The highest BCUT2D eigenvalue weighted by molar-refractivity contribution is 6.05. The van der Waals surface area contributed by atoms with E-state index >= 15 is 0 Å². The number of nitrogens with zero attached hydrogens (tertiary/aromatic N) is 1. The molecule has 0 saturated carbocycles. The van der Waals surface area contributed by atoms with Gasteiger partial charge in [0.25, 0.3) is 5.91 Å². The van der Waals surface area contributed by atoms with Gasteiger partial charge in [0.15, 0.2) is 6.04 Å². The first-order valence-electron chi connectivity index (χ1n) is 8.12. The fraction of sp³-hybridized carbons (Fsp3) is 0.444. The number of carbonyl (C=O) groups is 2. The number of urea groups is 1. The van der Waals surface area contributed by atoms with Crippen LogP contribution >= 0.6 is 0 Å². The quantitative estimate of drug-likeness (QED) is 0.549. The van der Waals surface area contributed by atoms with E-state index in [1.54, 1.807) is 0 Å². The lowest BCUT2D eigenvalue weighted by Gasteiger charge is -2.32. The van der Waals surface area contributed by atoms with Gasteiger partial charge in [-0.15, -0.1) is 0 Å². The Morgan fingerprint density at radius 2 is 1.88 bits per heavy atom. The first kappa shape index (κ1) is 16.5. The molecule has 2 aliphatic heterocycles. The third kappa shape index (κ3) is 3.75. The number of benzene rings is 1. The third-order valence-electron chi connectivity index (χ3n) is 4.60. The Labute approximate surface area is 141 Å². The summed E-state index contributed by atoms with van der Waals surface area (Å²) < 4.78 is 0. The molecule has 1 aromatic carbocycles. The normalized spacial score (nSPS) is 23.2. The van der Waals surface area contributed by atoms with Crippen molar-refractivity contribution >= 4 is 11.9 Å².